The fourth-order valence-electron chi connectivity index (χ4n) is 2.01. The highest BCUT2D eigenvalue weighted by Gasteiger charge is 2.28. The number of methoxy groups -OCH3 is 1. The van der Waals surface area contributed by atoms with Gasteiger partial charge in [-0.1, -0.05) is 19.1 Å². The predicted octanol–water partition coefficient (Wildman–Crippen LogP) is 1.17. The van der Waals surface area contributed by atoms with Gasteiger partial charge in [-0.2, -0.15) is 0 Å². The molecular formula is C14H20N2O2. The topological polar surface area (TPSA) is 50.4 Å². The van der Waals surface area contributed by atoms with Crippen LogP contribution in [0.1, 0.15) is 12.5 Å². The summed E-state index contributed by atoms with van der Waals surface area (Å²) in [5, 5.41) is 6.17. The molecule has 0 spiro atoms. The van der Waals surface area contributed by atoms with Crippen LogP contribution < -0.4 is 15.4 Å². The van der Waals surface area contributed by atoms with E-state index >= 15 is 0 Å². The van der Waals surface area contributed by atoms with Gasteiger partial charge in [0.25, 0.3) is 0 Å². The van der Waals surface area contributed by atoms with Crippen molar-refractivity contribution in [3.8, 4) is 5.75 Å². The molecule has 0 radical (unpaired) electrons. The maximum Gasteiger partial charge on any atom is 0.223 e. The first-order valence-electron chi connectivity index (χ1n) is 6.32. The molecule has 4 nitrogen and oxygen atoms in total. The molecule has 1 amide bonds. The molecule has 4 heteroatoms. The Labute approximate surface area is 108 Å². The average Bonchev–Trinajstić information content (AvgIpc) is 2.34. The van der Waals surface area contributed by atoms with Crippen molar-refractivity contribution in [1.29, 1.82) is 0 Å². The van der Waals surface area contributed by atoms with Crippen LogP contribution in [0.5, 0.6) is 5.75 Å². The van der Waals surface area contributed by atoms with E-state index < -0.39 is 0 Å². The Morgan fingerprint density at radius 2 is 2.33 bits per heavy atom. The summed E-state index contributed by atoms with van der Waals surface area (Å²) >= 11 is 0. The minimum Gasteiger partial charge on any atom is -0.497 e. The normalized spacial score (nSPS) is 16.8. The van der Waals surface area contributed by atoms with Crippen molar-refractivity contribution in [2.45, 2.75) is 13.5 Å². The van der Waals surface area contributed by atoms with Gasteiger partial charge < -0.3 is 15.4 Å². The van der Waals surface area contributed by atoms with Crippen LogP contribution in [0.4, 0.5) is 0 Å². The second-order valence-electron chi connectivity index (χ2n) is 4.78. The number of carbonyl (C=O) groups is 1. The van der Waals surface area contributed by atoms with Gasteiger partial charge in [0.1, 0.15) is 5.75 Å². The van der Waals surface area contributed by atoms with E-state index in [1.807, 2.05) is 31.2 Å². The molecular weight excluding hydrogens is 228 g/mol. The van der Waals surface area contributed by atoms with Gasteiger partial charge >= 0.3 is 0 Å². The standard InChI is InChI=1S/C14H20N2O2/c1-10(12-8-15-9-12)14(17)16-7-11-4-3-5-13(6-11)18-2/h3-6,10,12,15H,7-9H2,1-2H3,(H,16,17). The fourth-order valence-corrected chi connectivity index (χ4v) is 2.01. The van der Waals surface area contributed by atoms with E-state index in [1.165, 1.54) is 0 Å². The molecule has 1 aromatic rings. The third kappa shape index (κ3) is 3.01. The van der Waals surface area contributed by atoms with Crippen molar-refractivity contribution in [2.24, 2.45) is 11.8 Å². The quantitative estimate of drug-likeness (QED) is 0.822. The second-order valence-corrected chi connectivity index (χ2v) is 4.78. The second kappa shape index (κ2) is 5.87. The van der Waals surface area contributed by atoms with E-state index in [0.29, 0.717) is 12.5 Å². The Morgan fingerprint density at radius 3 is 2.94 bits per heavy atom. The highest BCUT2D eigenvalue weighted by molar-refractivity contribution is 5.78. The average molecular weight is 248 g/mol. The Balaban J connectivity index is 1.84. The summed E-state index contributed by atoms with van der Waals surface area (Å²) < 4.78 is 5.15. The summed E-state index contributed by atoms with van der Waals surface area (Å²) in [6.07, 6.45) is 0. The molecule has 1 aliphatic rings. The summed E-state index contributed by atoms with van der Waals surface area (Å²) in [6, 6.07) is 7.75. The maximum atomic E-state index is 11.9. The smallest absolute Gasteiger partial charge is 0.223 e. The lowest BCUT2D eigenvalue weighted by Gasteiger charge is -2.31. The molecule has 1 fully saturated rings. The number of hydrogen-bond acceptors (Lipinski definition) is 3. The monoisotopic (exact) mass is 248 g/mol. The molecule has 1 atom stereocenters. The van der Waals surface area contributed by atoms with Crippen LogP contribution in [0.3, 0.4) is 0 Å². The molecule has 1 unspecified atom stereocenters. The molecule has 2 N–H and O–H groups in total. The number of amides is 1. The SMILES string of the molecule is COc1cccc(CNC(=O)C(C)C2CNC2)c1. The number of benzene rings is 1. The molecule has 1 saturated heterocycles. The van der Waals surface area contributed by atoms with Gasteiger partial charge in [-0.15, -0.1) is 0 Å². The Morgan fingerprint density at radius 1 is 1.56 bits per heavy atom. The third-order valence-corrected chi connectivity index (χ3v) is 3.53. The van der Waals surface area contributed by atoms with Crippen LogP contribution in [0.2, 0.25) is 0 Å². The minimum absolute atomic E-state index is 0.0804. The van der Waals surface area contributed by atoms with Crippen LogP contribution in [-0.4, -0.2) is 26.1 Å². The molecule has 0 bridgehead atoms. The van der Waals surface area contributed by atoms with Gasteiger partial charge in [0.15, 0.2) is 0 Å². The van der Waals surface area contributed by atoms with Gasteiger partial charge in [-0.05, 0) is 36.7 Å². The predicted molar refractivity (Wildman–Crippen MR) is 70.4 cm³/mol. The van der Waals surface area contributed by atoms with Crippen molar-refractivity contribution in [3.05, 3.63) is 29.8 Å². The molecule has 0 aliphatic carbocycles. The lowest BCUT2D eigenvalue weighted by Crippen LogP contribution is -2.49. The lowest BCUT2D eigenvalue weighted by molar-refractivity contribution is -0.126. The largest absolute Gasteiger partial charge is 0.497 e. The van der Waals surface area contributed by atoms with Crippen LogP contribution >= 0.6 is 0 Å². The zero-order valence-electron chi connectivity index (χ0n) is 10.9. The molecule has 1 heterocycles. The molecule has 98 valence electrons. The summed E-state index contributed by atoms with van der Waals surface area (Å²) in [7, 11) is 1.64. The van der Waals surface area contributed by atoms with Gasteiger partial charge in [0, 0.05) is 12.5 Å². The van der Waals surface area contributed by atoms with E-state index in [0.717, 1.165) is 24.4 Å². The summed E-state index contributed by atoms with van der Waals surface area (Å²) in [5.74, 6) is 1.51. The highest BCUT2D eigenvalue weighted by atomic mass is 16.5. The third-order valence-electron chi connectivity index (χ3n) is 3.53. The summed E-state index contributed by atoms with van der Waals surface area (Å²) in [5.41, 5.74) is 1.06. The maximum absolute atomic E-state index is 11.9. The first-order chi connectivity index (χ1) is 8.70. The molecule has 0 saturated carbocycles. The summed E-state index contributed by atoms with van der Waals surface area (Å²) in [4.78, 5) is 11.9. The molecule has 1 aromatic carbocycles. The van der Waals surface area contributed by atoms with E-state index in [4.69, 9.17) is 4.74 Å². The van der Waals surface area contributed by atoms with Gasteiger partial charge in [-0.3, -0.25) is 4.79 Å². The Hall–Kier alpha value is -1.55. The van der Waals surface area contributed by atoms with Crippen molar-refractivity contribution < 1.29 is 9.53 Å². The number of ether oxygens (including phenoxy) is 1. The molecule has 0 aromatic heterocycles. The zero-order chi connectivity index (χ0) is 13.0. The van der Waals surface area contributed by atoms with Crippen LogP contribution in [-0.2, 0) is 11.3 Å². The minimum atomic E-state index is 0.0804. The highest BCUT2D eigenvalue weighted by Crippen LogP contribution is 2.16. The van der Waals surface area contributed by atoms with E-state index in [9.17, 15) is 4.79 Å². The number of carbonyl (C=O) groups excluding carboxylic acids is 1. The van der Waals surface area contributed by atoms with Gasteiger partial charge in [-0.25, -0.2) is 0 Å². The lowest BCUT2D eigenvalue weighted by atomic mass is 9.88. The van der Waals surface area contributed by atoms with Crippen molar-refractivity contribution in [2.75, 3.05) is 20.2 Å². The van der Waals surface area contributed by atoms with Crippen molar-refractivity contribution in [3.63, 3.8) is 0 Å². The first-order valence-corrected chi connectivity index (χ1v) is 6.32. The molecule has 1 aliphatic heterocycles. The molecule has 2 rings (SSSR count). The van der Waals surface area contributed by atoms with Crippen LogP contribution in [0.15, 0.2) is 24.3 Å². The van der Waals surface area contributed by atoms with Gasteiger partial charge in [0.05, 0.1) is 7.11 Å². The Bertz CT molecular complexity index is 416. The van der Waals surface area contributed by atoms with Crippen molar-refractivity contribution in [1.82, 2.24) is 10.6 Å². The summed E-state index contributed by atoms with van der Waals surface area (Å²) in [6.45, 7) is 4.45. The van der Waals surface area contributed by atoms with E-state index in [2.05, 4.69) is 10.6 Å². The van der Waals surface area contributed by atoms with E-state index in [-0.39, 0.29) is 11.8 Å². The van der Waals surface area contributed by atoms with Gasteiger partial charge in [0.2, 0.25) is 5.91 Å². The zero-order valence-corrected chi connectivity index (χ0v) is 10.9. The molecule has 18 heavy (non-hydrogen) atoms. The number of hydrogen-bond donors (Lipinski definition) is 2. The number of nitrogens with one attached hydrogen (secondary N) is 2. The number of rotatable bonds is 5. The van der Waals surface area contributed by atoms with Crippen LogP contribution in [0, 0.1) is 11.8 Å². The fraction of sp³-hybridized carbons (Fsp3) is 0.500. The van der Waals surface area contributed by atoms with Crippen molar-refractivity contribution >= 4 is 5.91 Å². The van der Waals surface area contributed by atoms with E-state index in [1.54, 1.807) is 7.11 Å². The first kappa shape index (κ1) is 12.9. The Kier molecular flexibility index (Phi) is 4.20. The van der Waals surface area contributed by atoms with Crippen LogP contribution in [0.25, 0.3) is 0 Å².